The zero-order chi connectivity index (χ0) is 29.3. The molecule has 216 valence electrons. The van der Waals surface area contributed by atoms with Gasteiger partial charge in [0, 0.05) is 10.8 Å². The molecule has 7 rings (SSSR count). The van der Waals surface area contributed by atoms with Gasteiger partial charge in [0.15, 0.2) is 23.5 Å². The van der Waals surface area contributed by atoms with Crippen molar-refractivity contribution in [2.45, 2.75) is 54.4 Å². The van der Waals surface area contributed by atoms with Gasteiger partial charge in [-0.3, -0.25) is 9.36 Å². The summed E-state index contributed by atoms with van der Waals surface area (Å²) >= 11 is 0. The van der Waals surface area contributed by atoms with E-state index in [1.165, 1.54) is 16.5 Å². The molecule has 0 spiro atoms. The molecular weight excluding hydrogens is 585 g/mol. The van der Waals surface area contributed by atoms with Crippen LogP contribution in [0.3, 0.4) is 0 Å². The molecule has 2 saturated heterocycles. The van der Waals surface area contributed by atoms with E-state index in [9.17, 15) is 22.9 Å². The van der Waals surface area contributed by atoms with Crippen molar-refractivity contribution in [3.8, 4) is 11.3 Å². The maximum atomic E-state index is 14.0. The zero-order valence-corrected chi connectivity index (χ0v) is 24.0. The molecule has 0 aliphatic carbocycles. The van der Waals surface area contributed by atoms with Crippen molar-refractivity contribution in [1.29, 1.82) is 0 Å². The predicted octanol–water partition coefficient (Wildman–Crippen LogP) is 3.33. The van der Waals surface area contributed by atoms with Crippen molar-refractivity contribution in [3.05, 3.63) is 76.7 Å². The summed E-state index contributed by atoms with van der Waals surface area (Å²) in [6.07, 6.45) is -3.22. The molecule has 2 aliphatic heterocycles. The van der Waals surface area contributed by atoms with Gasteiger partial charge < -0.3 is 14.8 Å². The Morgan fingerprint density at radius 3 is 2.55 bits per heavy atom. The fraction of sp³-hybridized carbons (Fsp3) is 0.296. The highest BCUT2D eigenvalue weighted by Gasteiger charge is 2.56. The number of aliphatic hydroxyl groups excluding tert-OH is 1. The molecule has 2 aliphatic rings. The minimum atomic E-state index is -4.36. The second-order valence-electron chi connectivity index (χ2n) is 10.5. The molecule has 15 heteroatoms. The number of aliphatic hydroxyl groups is 1. The van der Waals surface area contributed by atoms with Crippen LogP contribution in [0.2, 0.25) is 0 Å². The van der Waals surface area contributed by atoms with Gasteiger partial charge in [0.25, 0.3) is 5.56 Å². The van der Waals surface area contributed by atoms with Gasteiger partial charge in [0.2, 0.25) is 20.8 Å². The summed E-state index contributed by atoms with van der Waals surface area (Å²) in [5.41, 5.74) is 1.38. The number of nitrogens with one attached hydrogen (secondary N) is 1. The van der Waals surface area contributed by atoms with Gasteiger partial charge in [0.05, 0.1) is 10.6 Å². The first-order chi connectivity index (χ1) is 20.1. The number of sulfone groups is 1. The van der Waals surface area contributed by atoms with Crippen molar-refractivity contribution in [2.75, 3.05) is 6.61 Å². The predicted molar refractivity (Wildman–Crippen MR) is 149 cm³/mol. The zero-order valence-electron chi connectivity index (χ0n) is 22.3. The third-order valence-corrected chi connectivity index (χ3v) is 9.95. The average molecular weight is 611 g/mol. The minimum absolute atomic E-state index is 0.0620. The normalized spacial score (nSPS) is 23.7. The number of hydrogen-bond acceptors (Lipinski definition) is 10. The van der Waals surface area contributed by atoms with E-state index in [0.717, 1.165) is 15.7 Å². The highest BCUT2D eigenvalue weighted by atomic mass is 32.2. The number of rotatable bonds is 5. The van der Waals surface area contributed by atoms with Gasteiger partial charge >= 0.3 is 8.25 Å². The van der Waals surface area contributed by atoms with Gasteiger partial charge in [-0.1, -0.05) is 56.3 Å². The second-order valence-corrected chi connectivity index (χ2v) is 13.2. The molecule has 0 radical (unpaired) electrons. The number of hydrogen-bond donors (Lipinski definition) is 2. The van der Waals surface area contributed by atoms with Crippen LogP contribution in [-0.4, -0.2) is 62.4 Å². The Morgan fingerprint density at radius 2 is 1.83 bits per heavy atom. The molecule has 2 unspecified atom stereocenters. The van der Waals surface area contributed by atoms with Gasteiger partial charge in [-0.05, 0) is 29.2 Å². The van der Waals surface area contributed by atoms with E-state index < -0.39 is 53.3 Å². The van der Waals surface area contributed by atoms with Gasteiger partial charge in [-0.25, -0.2) is 17.8 Å². The Morgan fingerprint density at radius 1 is 1.10 bits per heavy atom. The number of aromatic nitrogens is 5. The van der Waals surface area contributed by atoms with E-state index in [4.69, 9.17) is 13.8 Å². The first-order valence-electron chi connectivity index (χ1n) is 13.2. The topological polar surface area (TPSA) is 167 Å². The third kappa shape index (κ3) is 4.22. The lowest BCUT2D eigenvalue weighted by Gasteiger charge is -2.19. The van der Waals surface area contributed by atoms with Crippen LogP contribution in [0.25, 0.3) is 28.2 Å². The summed E-state index contributed by atoms with van der Waals surface area (Å²) in [4.78, 5) is 25.6. The second kappa shape index (κ2) is 9.90. The van der Waals surface area contributed by atoms with E-state index >= 15 is 0 Å². The van der Waals surface area contributed by atoms with Crippen molar-refractivity contribution in [3.63, 3.8) is 0 Å². The molecule has 2 aromatic carbocycles. The van der Waals surface area contributed by atoms with Crippen LogP contribution in [0, 0.1) is 0 Å². The number of fused-ring (bicyclic) bond motifs is 3. The van der Waals surface area contributed by atoms with Crippen molar-refractivity contribution in [2.24, 2.45) is 0 Å². The van der Waals surface area contributed by atoms with Crippen molar-refractivity contribution in [1.82, 2.24) is 23.9 Å². The maximum absolute atomic E-state index is 14.0. The van der Waals surface area contributed by atoms with E-state index in [0.29, 0.717) is 5.69 Å². The number of H-pyrrole nitrogens is 1. The largest absolute Gasteiger partial charge is 0.697 e. The summed E-state index contributed by atoms with van der Waals surface area (Å²) in [6, 6.07) is 15.7. The van der Waals surface area contributed by atoms with Gasteiger partial charge in [-0.15, -0.1) is 9.05 Å². The van der Waals surface area contributed by atoms with Crippen LogP contribution >= 0.6 is 8.25 Å². The van der Waals surface area contributed by atoms with Gasteiger partial charge in [0.1, 0.15) is 18.8 Å². The molecule has 5 heterocycles. The fourth-order valence-corrected chi connectivity index (χ4v) is 7.45. The molecule has 0 saturated carbocycles. The average Bonchev–Trinajstić information content (AvgIpc) is 3.68. The minimum Gasteiger partial charge on any atom is -0.385 e. The summed E-state index contributed by atoms with van der Waals surface area (Å²) in [7, 11) is -6.85. The van der Waals surface area contributed by atoms with Gasteiger partial charge in [-0.2, -0.15) is 4.98 Å². The quantitative estimate of drug-likeness (QED) is 0.282. The maximum Gasteiger partial charge on any atom is 0.697 e. The highest BCUT2D eigenvalue weighted by molar-refractivity contribution is 7.91. The van der Waals surface area contributed by atoms with Crippen molar-refractivity contribution >= 4 is 35.0 Å². The SMILES string of the molecule is CC(C)c1ccc(S(=O)(=O)c2nc3c(=O)n4cc(-c5ccccc5)[nH]c4nc3n2[C@@H]2OC3CO[P+](=O)O[C@H]3[C@@H]2O)cc1. The molecule has 42 heavy (non-hydrogen) atoms. The molecule has 2 N–H and O–H groups in total. The Balaban J connectivity index is 1.45. The fourth-order valence-electron chi connectivity index (χ4n) is 5.29. The highest BCUT2D eigenvalue weighted by Crippen LogP contribution is 2.44. The molecule has 0 bridgehead atoms. The lowest BCUT2D eigenvalue weighted by molar-refractivity contribution is -0.0585. The summed E-state index contributed by atoms with van der Waals surface area (Å²) in [6.45, 7) is 3.84. The van der Waals surface area contributed by atoms with E-state index in [1.807, 2.05) is 44.2 Å². The van der Waals surface area contributed by atoms with Crippen LogP contribution in [0.1, 0.15) is 31.6 Å². The monoisotopic (exact) mass is 610 g/mol. The summed E-state index contributed by atoms with van der Waals surface area (Å²) in [5, 5.41) is 10.7. The first kappa shape index (κ1) is 27.1. The number of imidazole rings is 2. The molecule has 5 aromatic rings. The number of ether oxygens (including phenoxy) is 1. The smallest absolute Gasteiger partial charge is 0.385 e. The van der Waals surface area contributed by atoms with Crippen LogP contribution in [0.15, 0.2) is 75.6 Å². The van der Waals surface area contributed by atoms with Crippen LogP contribution in [0.4, 0.5) is 0 Å². The number of aromatic amines is 1. The lowest BCUT2D eigenvalue weighted by atomic mass is 10.0. The Hall–Kier alpha value is -3.78. The van der Waals surface area contributed by atoms with Crippen LogP contribution < -0.4 is 5.56 Å². The standard InChI is InChI=1S/C27H24N5O8PS/c1-14(2)15-8-10-17(11-9-15)42(36,37)27-29-20-23(32(27)25-21(33)22-19(39-25)13-38-41(35)40-22)30-26-28-18(12-31(26)24(20)34)16-6-4-3-5-7-16/h3-12,14,19,21-22,25,33H,13H2,1-2H3/p+1/t19?,21-,22+,25+/m0/s1. The Kier molecular flexibility index (Phi) is 6.38. The number of nitrogens with zero attached hydrogens (tertiary/aromatic N) is 4. The van der Waals surface area contributed by atoms with Crippen molar-refractivity contribution < 1.29 is 31.9 Å². The number of benzene rings is 2. The summed E-state index contributed by atoms with van der Waals surface area (Å²) in [5.74, 6) is 0.309. The Labute approximate surface area is 239 Å². The van der Waals surface area contributed by atoms with E-state index in [1.54, 1.807) is 18.3 Å². The summed E-state index contributed by atoms with van der Waals surface area (Å²) < 4.78 is 58.7. The molecular formula is C27H25N5O8PS+. The Bertz CT molecular complexity index is 2020. The lowest BCUT2D eigenvalue weighted by Crippen LogP contribution is -2.37. The third-order valence-electron chi connectivity index (χ3n) is 7.52. The van der Waals surface area contributed by atoms with Crippen LogP contribution in [0.5, 0.6) is 0 Å². The first-order valence-corrected chi connectivity index (χ1v) is 15.8. The molecule has 3 aromatic heterocycles. The van der Waals surface area contributed by atoms with E-state index in [-0.39, 0.29) is 34.4 Å². The van der Waals surface area contributed by atoms with Crippen LogP contribution in [-0.2, 0) is 28.2 Å². The van der Waals surface area contributed by atoms with E-state index in [2.05, 4.69) is 15.0 Å². The molecule has 2 fully saturated rings. The molecule has 0 amide bonds. The molecule has 13 nitrogen and oxygen atoms in total. The molecule has 5 atom stereocenters.